The summed E-state index contributed by atoms with van der Waals surface area (Å²) in [6.07, 6.45) is 4.05. The molecule has 1 unspecified atom stereocenters. The molecule has 1 amide bonds. The summed E-state index contributed by atoms with van der Waals surface area (Å²) >= 11 is 6.16. The molecule has 0 saturated carbocycles. The zero-order valence-electron chi connectivity index (χ0n) is 16.3. The number of imidazole rings is 1. The number of pyridine rings is 1. The summed E-state index contributed by atoms with van der Waals surface area (Å²) in [5, 5.41) is 3.73. The van der Waals surface area contributed by atoms with E-state index in [2.05, 4.69) is 22.1 Å². The second-order valence-corrected chi connectivity index (χ2v) is 7.54. The van der Waals surface area contributed by atoms with Gasteiger partial charge in [0.2, 0.25) is 5.91 Å². The van der Waals surface area contributed by atoms with Crippen LogP contribution >= 0.6 is 24.0 Å². The van der Waals surface area contributed by atoms with Crippen LogP contribution in [0.4, 0.5) is 0 Å². The molecule has 6 nitrogen and oxygen atoms in total. The lowest BCUT2D eigenvalue weighted by Gasteiger charge is -2.23. The Morgan fingerprint density at radius 1 is 1.31 bits per heavy atom. The monoisotopic (exact) mass is 433 g/mol. The molecule has 1 saturated heterocycles. The maximum atomic E-state index is 12.7. The number of nitrogens with one attached hydrogen (secondary N) is 1. The van der Waals surface area contributed by atoms with Gasteiger partial charge in [-0.25, -0.2) is 9.97 Å². The minimum Gasteiger partial charge on any atom is -0.353 e. The fourth-order valence-electron chi connectivity index (χ4n) is 3.93. The second kappa shape index (κ2) is 9.57. The Balaban J connectivity index is 0.00000240. The fraction of sp³-hybridized carbons (Fsp3) is 0.381. The van der Waals surface area contributed by atoms with E-state index in [-0.39, 0.29) is 24.9 Å². The summed E-state index contributed by atoms with van der Waals surface area (Å²) in [4.78, 5) is 24.3. The molecule has 1 aliphatic rings. The van der Waals surface area contributed by atoms with E-state index in [1.807, 2.05) is 41.0 Å². The van der Waals surface area contributed by atoms with E-state index < -0.39 is 0 Å². The average molecular weight is 434 g/mol. The normalized spacial score (nSPS) is 16.7. The van der Waals surface area contributed by atoms with Crippen LogP contribution in [0.2, 0.25) is 5.02 Å². The first kappa shape index (κ1) is 21.6. The van der Waals surface area contributed by atoms with Gasteiger partial charge in [0.15, 0.2) is 5.65 Å². The molecule has 1 aromatic carbocycles. The first-order chi connectivity index (χ1) is 13.7. The second-order valence-electron chi connectivity index (χ2n) is 7.11. The van der Waals surface area contributed by atoms with Crippen molar-refractivity contribution in [3.63, 3.8) is 0 Å². The Bertz CT molecular complexity index is 990. The summed E-state index contributed by atoms with van der Waals surface area (Å²) in [5.74, 6) is 0.665. The maximum Gasteiger partial charge on any atom is 0.240 e. The van der Waals surface area contributed by atoms with Crippen LogP contribution in [0.25, 0.3) is 22.6 Å². The summed E-state index contributed by atoms with van der Waals surface area (Å²) in [6, 6.07) is 11.7. The van der Waals surface area contributed by atoms with Gasteiger partial charge in [-0.15, -0.1) is 12.4 Å². The predicted octanol–water partition coefficient (Wildman–Crippen LogP) is 3.77. The Kier molecular flexibility index (Phi) is 7.11. The molecule has 1 atom stereocenters. The maximum absolute atomic E-state index is 12.7. The number of rotatable bonds is 6. The highest BCUT2D eigenvalue weighted by molar-refractivity contribution is 6.30. The van der Waals surface area contributed by atoms with Gasteiger partial charge in [0.05, 0.1) is 0 Å². The lowest BCUT2D eigenvalue weighted by molar-refractivity contribution is -0.121. The Morgan fingerprint density at radius 3 is 2.97 bits per heavy atom. The largest absolute Gasteiger partial charge is 0.353 e. The third-order valence-corrected chi connectivity index (χ3v) is 5.56. The number of likely N-dealkylation sites (tertiary alicyclic amines) is 1. The summed E-state index contributed by atoms with van der Waals surface area (Å²) in [7, 11) is 0. The van der Waals surface area contributed by atoms with Gasteiger partial charge in [-0.3, -0.25) is 14.3 Å². The van der Waals surface area contributed by atoms with E-state index in [9.17, 15) is 4.79 Å². The third kappa shape index (κ3) is 4.71. The number of amides is 1. The summed E-state index contributed by atoms with van der Waals surface area (Å²) in [6.45, 7) is 5.16. The van der Waals surface area contributed by atoms with Crippen LogP contribution in [-0.2, 0) is 11.3 Å². The van der Waals surface area contributed by atoms with Gasteiger partial charge in [-0.1, -0.05) is 30.7 Å². The number of likely N-dealkylation sites (N-methyl/N-ethyl adjacent to an activating group) is 1. The van der Waals surface area contributed by atoms with E-state index in [0.717, 1.165) is 30.6 Å². The van der Waals surface area contributed by atoms with Crippen molar-refractivity contribution in [2.45, 2.75) is 32.4 Å². The van der Waals surface area contributed by atoms with Crippen LogP contribution < -0.4 is 5.32 Å². The molecule has 0 radical (unpaired) electrons. The Labute approximate surface area is 181 Å². The molecule has 0 bridgehead atoms. The first-order valence-corrected chi connectivity index (χ1v) is 10.1. The van der Waals surface area contributed by atoms with Gasteiger partial charge in [-0.05, 0) is 50.2 Å². The minimum atomic E-state index is -0.0313. The standard InChI is InChI=1S/C21H24ClN5O.ClH/c1-2-26-11-5-8-17(26)13-24-19(28)14-27-20(15-6-3-7-16(22)12-15)25-18-9-4-10-23-21(18)27;/h3-4,6-7,9-10,12,17H,2,5,8,11,13-14H2,1H3,(H,24,28);1H. The molecular formula is C21H25Cl2N5O. The number of carbonyl (C=O) groups excluding carboxylic acids is 1. The van der Waals surface area contributed by atoms with Crippen LogP contribution in [0.3, 0.4) is 0 Å². The van der Waals surface area contributed by atoms with Gasteiger partial charge in [0.25, 0.3) is 0 Å². The number of hydrogen-bond acceptors (Lipinski definition) is 4. The number of carbonyl (C=O) groups is 1. The van der Waals surface area contributed by atoms with E-state index in [4.69, 9.17) is 16.6 Å². The van der Waals surface area contributed by atoms with Crippen LogP contribution in [-0.4, -0.2) is 51.0 Å². The van der Waals surface area contributed by atoms with E-state index in [1.54, 1.807) is 6.20 Å². The number of halogens is 2. The first-order valence-electron chi connectivity index (χ1n) is 9.73. The predicted molar refractivity (Wildman–Crippen MR) is 119 cm³/mol. The highest BCUT2D eigenvalue weighted by atomic mass is 35.5. The van der Waals surface area contributed by atoms with Gasteiger partial charge in [0, 0.05) is 29.4 Å². The molecule has 3 aromatic rings. The van der Waals surface area contributed by atoms with E-state index >= 15 is 0 Å². The Hall–Kier alpha value is -2.15. The van der Waals surface area contributed by atoms with Crippen molar-refractivity contribution in [2.24, 2.45) is 0 Å². The molecule has 154 valence electrons. The van der Waals surface area contributed by atoms with Crippen molar-refractivity contribution >= 4 is 41.1 Å². The molecule has 8 heteroatoms. The van der Waals surface area contributed by atoms with Crippen molar-refractivity contribution in [3.05, 3.63) is 47.6 Å². The SMILES string of the molecule is CCN1CCCC1CNC(=O)Cn1c(-c2cccc(Cl)c2)nc2cccnc21.Cl. The zero-order chi connectivity index (χ0) is 19.5. The van der Waals surface area contributed by atoms with Crippen LogP contribution in [0.15, 0.2) is 42.6 Å². The number of aromatic nitrogens is 3. The highest BCUT2D eigenvalue weighted by Gasteiger charge is 2.23. The smallest absolute Gasteiger partial charge is 0.240 e. The van der Waals surface area contributed by atoms with Gasteiger partial charge >= 0.3 is 0 Å². The Morgan fingerprint density at radius 2 is 2.17 bits per heavy atom. The van der Waals surface area contributed by atoms with Crippen LogP contribution in [0.5, 0.6) is 0 Å². The molecule has 1 fully saturated rings. The quantitative estimate of drug-likeness (QED) is 0.642. The highest BCUT2D eigenvalue weighted by Crippen LogP contribution is 2.25. The molecule has 0 aliphatic carbocycles. The van der Waals surface area contributed by atoms with Crippen LogP contribution in [0, 0.1) is 0 Å². The lowest BCUT2D eigenvalue weighted by atomic mass is 10.2. The molecule has 29 heavy (non-hydrogen) atoms. The fourth-order valence-corrected chi connectivity index (χ4v) is 4.12. The molecule has 1 aliphatic heterocycles. The minimum absolute atomic E-state index is 0. The molecule has 4 rings (SSSR count). The summed E-state index contributed by atoms with van der Waals surface area (Å²) < 4.78 is 1.86. The van der Waals surface area contributed by atoms with E-state index in [1.165, 1.54) is 6.42 Å². The van der Waals surface area contributed by atoms with Crippen molar-refractivity contribution in [3.8, 4) is 11.4 Å². The average Bonchev–Trinajstić information content (AvgIpc) is 3.31. The van der Waals surface area contributed by atoms with Gasteiger partial charge < -0.3 is 5.32 Å². The van der Waals surface area contributed by atoms with Crippen molar-refractivity contribution in [1.82, 2.24) is 24.8 Å². The van der Waals surface area contributed by atoms with Crippen molar-refractivity contribution < 1.29 is 4.79 Å². The zero-order valence-corrected chi connectivity index (χ0v) is 17.9. The number of benzene rings is 1. The van der Waals surface area contributed by atoms with Gasteiger partial charge in [-0.2, -0.15) is 0 Å². The van der Waals surface area contributed by atoms with Crippen molar-refractivity contribution in [2.75, 3.05) is 19.6 Å². The number of nitrogens with zero attached hydrogens (tertiary/aromatic N) is 4. The van der Waals surface area contributed by atoms with Gasteiger partial charge in [0.1, 0.15) is 17.9 Å². The molecular weight excluding hydrogens is 409 g/mol. The number of hydrogen-bond donors (Lipinski definition) is 1. The lowest BCUT2D eigenvalue weighted by Crippen LogP contribution is -2.41. The topological polar surface area (TPSA) is 63.1 Å². The summed E-state index contributed by atoms with van der Waals surface area (Å²) in [5.41, 5.74) is 2.33. The van der Waals surface area contributed by atoms with E-state index in [0.29, 0.717) is 29.1 Å². The van der Waals surface area contributed by atoms with Crippen LogP contribution in [0.1, 0.15) is 19.8 Å². The third-order valence-electron chi connectivity index (χ3n) is 5.33. The molecule has 2 aromatic heterocycles. The number of fused-ring (bicyclic) bond motifs is 1. The van der Waals surface area contributed by atoms with Crippen molar-refractivity contribution in [1.29, 1.82) is 0 Å². The molecule has 3 heterocycles. The molecule has 1 N–H and O–H groups in total. The molecule has 0 spiro atoms.